The summed E-state index contributed by atoms with van der Waals surface area (Å²) in [6, 6.07) is 7.20. The number of hydrogen-bond donors (Lipinski definition) is 2. The van der Waals surface area contributed by atoms with E-state index in [1.807, 2.05) is 32.2 Å². The van der Waals surface area contributed by atoms with E-state index in [4.69, 9.17) is 21.5 Å². The Balaban J connectivity index is 1.57. The highest BCUT2D eigenvalue weighted by Gasteiger charge is 2.60. The second kappa shape index (κ2) is 7.40. The maximum Gasteiger partial charge on any atom is 0.214 e. The number of nitriles is 1. The van der Waals surface area contributed by atoms with Crippen LogP contribution < -0.4 is 15.2 Å². The monoisotopic (exact) mass is 450 g/mol. The molecular weight excluding hydrogens is 424 g/mol. The van der Waals surface area contributed by atoms with Crippen molar-refractivity contribution < 1.29 is 13.2 Å². The van der Waals surface area contributed by atoms with Gasteiger partial charge in [0.1, 0.15) is 5.75 Å². The number of rotatable bonds is 5. The summed E-state index contributed by atoms with van der Waals surface area (Å²) in [7, 11) is -3.61. The van der Waals surface area contributed by atoms with Gasteiger partial charge in [0.25, 0.3) is 0 Å². The number of benzene rings is 1. The van der Waals surface area contributed by atoms with Crippen LogP contribution in [-0.4, -0.2) is 30.6 Å². The number of primary sulfonamides is 1. The molecule has 0 radical (unpaired) electrons. The van der Waals surface area contributed by atoms with Gasteiger partial charge in [-0.05, 0) is 75.8 Å². The Hall–Kier alpha value is -1.82. The van der Waals surface area contributed by atoms with Crippen LogP contribution in [0.1, 0.15) is 46.0 Å². The summed E-state index contributed by atoms with van der Waals surface area (Å²) < 4.78 is 30.1. The molecule has 7 nitrogen and oxygen atoms in total. The SMILES string of the molecule is CC(C)(Oc1ccccc1Cl)/C(=N\C#N)NC1C2CC3CC1CC(S(N)(=O)=O)(C3)C2. The first-order chi connectivity index (χ1) is 14.0. The van der Waals surface area contributed by atoms with Crippen molar-refractivity contribution in [3.63, 3.8) is 0 Å². The summed E-state index contributed by atoms with van der Waals surface area (Å²) in [4.78, 5) is 4.04. The zero-order valence-electron chi connectivity index (χ0n) is 17.1. The molecule has 0 saturated heterocycles. The van der Waals surface area contributed by atoms with E-state index in [1.54, 1.807) is 12.1 Å². The van der Waals surface area contributed by atoms with E-state index in [0.29, 0.717) is 41.8 Å². The fourth-order valence-electron chi connectivity index (χ4n) is 5.93. The number of nitrogens with one attached hydrogen (secondary N) is 1. The first-order valence-electron chi connectivity index (χ1n) is 10.2. The lowest BCUT2D eigenvalue weighted by Gasteiger charge is -2.59. The number of halogens is 1. The van der Waals surface area contributed by atoms with Gasteiger partial charge in [-0.1, -0.05) is 23.7 Å². The van der Waals surface area contributed by atoms with Crippen molar-refractivity contribution in [1.82, 2.24) is 5.32 Å². The number of nitrogens with zero attached hydrogens (tertiary/aromatic N) is 2. The summed E-state index contributed by atoms with van der Waals surface area (Å²) in [6.45, 7) is 3.67. The molecule has 3 N–H and O–H groups in total. The molecule has 2 atom stereocenters. The minimum atomic E-state index is -3.61. The van der Waals surface area contributed by atoms with Crippen LogP contribution in [0.15, 0.2) is 29.3 Å². The number of sulfonamides is 1. The number of aliphatic imine (C=N–C) groups is 1. The number of hydrogen-bond acceptors (Lipinski definition) is 5. The molecule has 1 aromatic rings. The van der Waals surface area contributed by atoms with Gasteiger partial charge in [0.2, 0.25) is 16.2 Å². The molecule has 4 fully saturated rings. The van der Waals surface area contributed by atoms with E-state index >= 15 is 0 Å². The van der Waals surface area contributed by atoms with Crippen LogP contribution in [0.3, 0.4) is 0 Å². The fraction of sp³-hybridized carbons (Fsp3) is 0.619. The van der Waals surface area contributed by atoms with Gasteiger partial charge >= 0.3 is 0 Å². The van der Waals surface area contributed by atoms with Crippen molar-refractivity contribution in [2.24, 2.45) is 27.9 Å². The third-order valence-corrected chi connectivity index (χ3v) is 9.08. The lowest BCUT2D eigenvalue weighted by molar-refractivity contribution is 0.00436. The molecule has 0 amide bonds. The third-order valence-electron chi connectivity index (χ3n) is 7.06. The van der Waals surface area contributed by atoms with Gasteiger partial charge < -0.3 is 10.1 Å². The number of ether oxygens (including phenoxy) is 1. The van der Waals surface area contributed by atoms with E-state index in [1.165, 1.54) is 0 Å². The van der Waals surface area contributed by atoms with Crippen molar-refractivity contribution >= 4 is 27.5 Å². The highest BCUT2D eigenvalue weighted by Crippen LogP contribution is 2.58. The molecule has 0 heterocycles. The topological polar surface area (TPSA) is 118 Å². The van der Waals surface area contributed by atoms with E-state index in [0.717, 1.165) is 12.8 Å². The molecule has 4 saturated carbocycles. The normalized spacial score (nSPS) is 33.2. The Morgan fingerprint density at radius 1 is 1.30 bits per heavy atom. The zero-order valence-corrected chi connectivity index (χ0v) is 18.7. The lowest BCUT2D eigenvalue weighted by Crippen LogP contribution is -2.66. The van der Waals surface area contributed by atoms with Crippen LogP contribution in [-0.2, 0) is 10.0 Å². The quantitative estimate of drug-likeness (QED) is 0.405. The molecule has 162 valence electrons. The molecule has 2 unspecified atom stereocenters. The van der Waals surface area contributed by atoms with Gasteiger partial charge in [-0.2, -0.15) is 10.3 Å². The minimum Gasteiger partial charge on any atom is -0.478 e. The Labute approximate surface area is 182 Å². The van der Waals surface area contributed by atoms with Crippen LogP contribution in [0, 0.1) is 29.2 Å². The molecular formula is C21H27ClN4O3S. The highest BCUT2D eigenvalue weighted by molar-refractivity contribution is 7.90. The van der Waals surface area contributed by atoms with Crippen molar-refractivity contribution in [3.05, 3.63) is 29.3 Å². The summed E-state index contributed by atoms with van der Waals surface area (Å²) >= 11 is 6.24. The predicted octanol–water partition coefficient (Wildman–Crippen LogP) is 3.20. The van der Waals surface area contributed by atoms with E-state index in [9.17, 15) is 13.7 Å². The van der Waals surface area contributed by atoms with Crippen molar-refractivity contribution in [2.45, 2.75) is 62.3 Å². The van der Waals surface area contributed by atoms with Gasteiger partial charge in [-0.25, -0.2) is 13.6 Å². The number of amidine groups is 1. The van der Waals surface area contributed by atoms with Gasteiger partial charge in [0, 0.05) is 6.04 Å². The first kappa shape index (κ1) is 21.4. The Morgan fingerprint density at radius 3 is 2.50 bits per heavy atom. The average molecular weight is 451 g/mol. The van der Waals surface area contributed by atoms with Crippen LogP contribution in [0.4, 0.5) is 0 Å². The number of para-hydroxylation sites is 1. The molecule has 0 aliphatic heterocycles. The Bertz CT molecular complexity index is 1000. The van der Waals surface area contributed by atoms with Crippen molar-refractivity contribution in [3.8, 4) is 11.9 Å². The maximum absolute atomic E-state index is 12.4. The third kappa shape index (κ3) is 3.68. The first-order valence-corrected chi connectivity index (χ1v) is 12.2. The molecule has 9 heteroatoms. The standard InChI is InChI=1S/C21H27ClN4O3S/c1-20(2,29-17-6-4-3-5-16(17)22)19(25-12-23)26-18-14-7-13-8-15(18)11-21(9-13,10-14)30(24,27)28/h3-6,13-15,18H,7-11H2,1-2H3,(H,25,26)(H2,24,27,28). The fourth-order valence-corrected chi connectivity index (χ4v) is 7.47. The van der Waals surface area contributed by atoms with Gasteiger partial charge in [-0.3, -0.25) is 0 Å². The summed E-state index contributed by atoms with van der Waals surface area (Å²) in [5.41, 5.74) is -0.924. The molecule has 0 spiro atoms. The maximum atomic E-state index is 12.4. The largest absolute Gasteiger partial charge is 0.478 e. The zero-order chi connectivity index (χ0) is 21.7. The van der Waals surface area contributed by atoms with Gasteiger partial charge in [-0.15, -0.1) is 0 Å². The number of nitrogens with two attached hydrogens (primary N) is 1. The van der Waals surface area contributed by atoms with E-state index in [2.05, 4.69) is 10.3 Å². The summed E-state index contributed by atoms with van der Waals surface area (Å²) in [5, 5.41) is 18.9. The van der Waals surface area contributed by atoms with Crippen LogP contribution in [0.2, 0.25) is 5.02 Å². The molecule has 4 bridgehead atoms. The second-order valence-corrected chi connectivity index (χ2v) is 11.8. The molecule has 30 heavy (non-hydrogen) atoms. The van der Waals surface area contributed by atoms with Crippen LogP contribution in [0.5, 0.6) is 5.75 Å². The Kier molecular flexibility index (Phi) is 5.28. The second-order valence-electron chi connectivity index (χ2n) is 9.47. The molecule has 0 aromatic heterocycles. The van der Waals surface area contributed by atoms with Crippen molar-refractivity contribution in [1.29, 1.82) is 5.26 Å². The van der Waals surface area contributed by atoms with E-state index < -0.39 is 20.4 Å². The molecule has 1 aromatic carbocycles. The summed E-state index contributed by atoms with van der Waals surface area (Å²) in [6.07, 6.45) is 5.60. The highest BCUT2D eigenvalue weighted by atomic mass is 35.5. The molecule has 4 aliphatic rings. The average Bonchev–Trinajstić information content (AvgIpc) is 2.64. The minimum absolute atomic E-state index is 0.0395. The van der Waals surface area contributed by atoms with Gasteiger partial charge in [0.15, 0.2) is 11.4 Å². The lowest BCUT2D eigenvalue weighted by atomic mass is 9.53. The predicted molar refractivity (Wildman–Crippen MR) is 116 cm³/mol. The van der Waals surface area contributed by atoms with E-state index in [-0.39, 0.29) is 17.9 Å². The Morgan fingerprint density at radius 2 is 1.93 bits per heavy atom. The molecule has 5 rings (SSSR count). The van der Waals surface area contributed by atoms with Crippen LogP contribution >= 0.6 is 11.6 Å². The van der Waals surface area contributed by atoms with Crippen molar-refractivity contribution in [2.75, 3.05) is 0 Å². The smallest absolute Gasteiger partial charge is 0.214 e. The van der Waals surface area contributed by atoms with Crippen LogP contribution in [0.25, 0.3) is 0 Å². The molecule has 4 aliphatic carbocycles. The van der Waals surface area contributed by atoms with Gasteiger partial charge in [0.05, 0.1) is 9.77 Å². The summed E-state index contributed by atoms with van der Waals surface area (Å²) in [5.74, 6) is 1.67.